The van der Waals surface area contributed by atoms with Crippen LogP contribution >= 0.6 is 0 Å². The number of carboxylic acid groups (broad SMARTS) is 1. The van der Waals surface area contributed by atoms with E-state index in [1.807, 2.05) is 0 Å². The Morgan fingerprint density at radius 3 is 2.67 bits per heavy atom. The van der Waals surface area contributed by atoms with Crippen LogP contribution in [0.1, 0.15) is 26.2 Å². The van der Waals surface area contributed by atoms with E-state index in [2.05, 4.69) is 5.32 Å². The first-order chi connectivity index (χ1) is 7.09. The molecule has 1 saturated carbocycles. The Hall–Kier alpha value is -0.870. The first-order valence-electron chi connectivity index (χ1n) is 5.25. The summed E-state index contributed by atoms with van der Waals surface area (Å²) in [5, 5.41) is 11.8. The van der Waals surface area contributed by atoms with E-state index in [9.17, 15) is 4.79 Å². The van der Waals surface area contributed by atoms with Crippen molar-refractivity contribution in [2.24, 2.45) is 0 Å². The minimum atomic E-state index is -0.859. The number of hydrogen-bond acceptors (Lipinski definition) is 3. The SMILES string of the molecule is COC1(CNC/C=C(/C)C(=O)O)CCC1. The number of ether oxygens (including phenoxy) is 1. The fourth-order valence-electron chi connectivity index (χ4n) is 1.64. The molecule has 4 heteroatoms. The lowest BCUT2D eigenvalue weighted by Gasteiger charge is -2.40. The highest BCUT2D eigenvalue weighted by Gasteiger charge is 2.36. The Bertz CT molecular complexity index is 251. The summed E-state index contributed by atoms with van der Waals surface area (Å²) in [6.07, 6.45) is 5.10. The molecule has 0 unspecified atom stereocenters. The van der Waals surface area contributed by atoms with Crippen LogP contribution in [0.25, 0.3) is 0 Å². The summed E-state index contributed by atoms with van der Waals surface area (Å²) < 4.78 is 5.43. The zero-order chi connectivity index (χ0) is 11.3. The smallest absolute Gasteiger partial charge is 0.330 e. The first-order valence-corrected chi connectivity index (χ1v) is 5.25. The van der Waals surface area contributed by atoms with Crippen molar-refractivity contribution >= 4 is 5.97 Å². The minimum absolute atomic E-state index is 0.00493. The first kappa shape index (κ1) is 12.2. The average molecular weight is 213 g/mol. The van der Waals surface area contributed by atoms with Crippen LogP contribution < -0.4 is 5.32 Å². The molecule has 0 spiro atoms. The fourth-order valence-corrected chi connectivity index (χ4v) is 1.64. The quantitative estimate of drug-likeness (QED) is 0.514. The number of hydrogen-bond donors (Lipinski definition) is 2. The van der Waals surface area contributed by atoms with Gasteiger partial charge in [-0.05, 0) is 26.2 Å². The molecule has 0 atom stereocenters. The predicted molar refractivity (Wildman–Crippen MR) is 57.9 cm³/mol. The molecule has 0 amide bonds. The zero-order valence-electron chi connectivity index (χ0n) is 9.38. The summed E-state index contributed by atoms with van der Waals surface area (Å²) in [5.41, 5.74) is 0.382. The van der Waals surface area contributed by atoms with Crippen LogP contribution in [-0.2, 0) is 9.53 Å². The van der Waals surface area contributed by atoms with Crippen LogP contribution in [0.3, 0.4) is 0 Å². The number of nitrogens with one attached hydrogen (secondary N) is 1. The van der Waals surface area contributed by atoms with E-state index < -0.39 is 5.97 Å². The van der Waals surface area contributed by atoms with Gasteiger partial charge in [0.25, 0.3) is 0 Å². The van der Waals surface area contributed by atoms with Gasteiger partial charge in [-0.15, -0.1) is 0 Å². The van der Waals surface area contributed by atoms with E-state index in [-0.39, 0.29) is 5.60 Å². The maximum Gasteiger partial charge on any atom is 0.330 e. The molecule has 0 aromatic heterocycles. The average Bonchev–Trinajstić information content (AvgIpc) is 2.15. The lowest BCUT2D eigenvalue weighted by molar-refractivity contribution is -0.132. The number of methoxy groups -OCH3 is 1. The van der Waals surface area contributed by atoms with Gasteiger partial charge in [0, 0.05) is 25.8 Å². The second kappa shape index (κ2) is 5.28. The van der Waals surface area contributed by atoms with Crippen LogP contribution in [0.4, 0.5) is 0 Å². The van der Waals surface area contributed by atoms with Crippen molar-refractivity contribution in [1.82, 2.24) is 5.32 Å². The van der Waals surface area contributed by atoms with Crippen molar-refractivity contribution in [3.63, 3.8) is 0 Å². The van der Waals surface area contributed by atoms with Crippen LogP contribution in [0.5, 0.6) is 0 Å². The molecule has 1 fully saturated rings. The molecule has 0 aromatic carbocycles. The molecule has 0 aliphatic heterocycles. The van der Waals surface area contributed by atoms with Gasteiger partial charge in [0.1, 0.15) is 0 Å². The molecule has 4 nitrogen and oxygen atoms in total. The maximum absolute atomic E-state index is 10.5. The second-order valence-corrected chi connectivity index (χ2v) is 4.06. The standard InChI is InChI=1S/C11H19NO3/c1-9(10(13)14)4-7-12-8-11(15-2)5-3-6-11/h4,12H,3,5-8H2,1-2H3,(H,13,14)/b9-4-. The van der Waals surface area contributed by atoms with Crippen LogP contribution in [0, 0.1) is 0 Å². The molecule has 1 aliphatic carbocycles. The third-order valence-corrected chi connectivity index (χ3v) is 3.03. The molecule has 0 heterocycles. The molecule has 0 saturated heterocycles. The number of rotatable bonds is 6. The maximum atomic E-state index is 10.5. The predicted octanol–water partition coefficient (Wildman–Crippen LogP) is 1.18. The van der Waals surface area contributed by atoms with Gasteiger partial charge in [-0.1, -0.05) is 6.08 Å². The monoisotopic (exact) mass is 213 g/mol. The van der Waals surface area contributed by atoms with Gasteiger partial charge in [0.05, 0.1) is 5.60 Å². The zero-order valence-corrected chi connectivity index (χ0v) is 9.38. The van der Waals surface area contributed by atoms with Crippen molar-refractivity contribution in [3.05, 3.63) is 11.6 Å². The van der Waals surface area contributed by atoms with Crippen molar-refractivity contribution in [2.75, 3.05) is 20.2 Å². The summed E-state index contributed by atoms with van der Waals surface area (Å²) in [6, 6.07) is 0. The van der Waals surface area contributed by atoms with Crippen LogP contribution in [0.15, 0.2) is 11.6 Å². The normalized spacial score (nSPS) is 19.7. The Labute approximate surface area is 90.3 Å². The Morgan fingerprint density at radius 2 is 2.27 bits per heavy atom. The summed E-state index contributed by atoms with van der Waals surface area (Å²) in [5.74, 6) is -0.859. The van der Waals surface area contributed by atoms with Crippen molar-refractivity contribution in [3.8, 4) is 0 Å². The van der Waals surface area contributed by atoms with Gasteiger partial charge in [-0.2, -0.15) is 0 Å². The molecule has 0 radical (unpaired) electrons. The molecule has 2 N–H and O–H groups in total. The molecule has 86 valence electrons. The van der Waals surface area contributed by atoms with Gasteiger partial charge in [-0.25, -0.2) is 4.79 Å². The number of carboxylic acids is 1. The van der Waals surface area contributed by atoms with E-state index in [0.717, 1.165) is 19.4 Å². The third kappa shape index (κ3) is 3.32. The molecular weight excluding hydrogens is 194 g/mol. The van der Waals surface area contributed by atoms with E-state index in [1.165, 1.54) is 6.42 Å². The largest absolute Gasteiger partial charge is 0.478 e. The topological polar surface area (TPSA) is 58.6 Å². The summed E-state index contributed by atoms with van der Waals surface area (Å²) in [6.45, 7) is 2.98. The second-order valence-electron chi connectivity index (χ2n) is 4.06. The highest BCUT2D eigenvalue weighted by molar-refractivity contribution is 5.85. The van der Waals surface area contributed by atoms with Gasteiger partial charge in [-0.3, -0.25) is 0 Å². The van der Waals surface area contributed by atoms with E-state index in [1.54, 1.807) is 20.1 Å². The summed E-state index contributed by atoms with van der Waals surface area (Å²) in [4.78, 5) is 10.5. The summed E-state index contributed by atoms with van der Waals surface area (Å²) in [7, 11) is 1.74. The van der Waals surface area contributed by atoms with Crippen LogP contribution in [0.2, 0.25) is 0 Å². The third-order valence-electron chi connectivity index (χ3n) is 3.03. The van der Waals surface area contributed by atoms with E-state index in [0.29, 0.717) is 12.1 Å². The van der Waals surface area contributed by atoms with Gasteiger partial charge >= 0.3 is 5.97 Å². The Balaban J connectivity index is 2.21. The number of aliphatic carboxylic acids is 1. The Kier molecular flexibility index (Phi) is 4.29. The van der Waals surface area contributed by atoms with Crippen LogP contribution in [-0.4, -0.2) is 36.9 Å². The van der Waals surface area contributed by atoms with Crippen molar-refractivity contribution in [2.45, 2.75) is 31.8 Å². The highest BCUT2D eigenvalue weighted by atomic mass is 16.5. The van der Waals surface area contributed by atoms with E-state index in [4.69, 9.17) is 9.84 Å². The lowest BCUT2D eigenvalue weighted by atomic mass is 9.80. The van der Waals surface area contributed by atoms with Gasteiger partial charge in [0.2, 0.25) is 0 Å². The van der Waals surface area contributed by atoms with E-state index >= 15 is 0 Å². The van der Waals surface area contributed by atoms with Gasteiger partial charge < -0.3 is 15.2 Å². The summed E-state index contributed by atoms with van der Waals surface area (Å²) >= 11 is 0. The van der Waals surface area contributed by atoms with Crippen molar-refractivity contribution < 1.29 is 14.6 Å². The molecule has 15 heavy (non-hydrogen) atoms. The van der Waals surface area contributed by atoms with Gasteiger partial charge in [0.15, 0.2) is 0 Å². The molecule has 0 aromatic rings. The molecule has 1 aliphatic rings. The number of carbonyl (C=O) groups is 1. The highest BCUT2D eigenvalue weighted by Crippen LogP contribution is 2.34. The Morgan fingerprint density at radius 1 is 1.60 bits per heavy atom. The molecule has 0 bridgehead atoms. The van der Waals surface area contributed by atoms with Crippen molar-refractivity contribution in [1.29, 1.82) is 0 Å². The lowest BCUT2D eigenvalue weighted by Crippen LogP contribution is -2.48. The fraction of sp³-hybridized carbons (Fsp3) is 0.727. The molecular formula is C11H19NO3. The molecule has 1 rings (SSSR count). The minimum Gasteiger partial charge on any atom is -0.478 e.